The smallest absolute Gasteiger partial charge is 0.276 e. The Hall–Kier alpha value is -1.29. The van der Waals surface area contributed by atoms with Crippen LogP contribution in [0.4, 0.5) is 0 Å². The summed E-state index contributed by atoms with van der Waals surface area (Å²) < 4.78 is 6.97. The van der Waals surface area contributed by atoms with Crippen molar-refractivity contribution in [2.24, 2.45) is 16.8 Å². The average molecular weight is 454 g/mol. The quantitative estimate of drug-likeness (QED) is 0.693. The lowest BCUT2D eigenvalue weighted by molar-refractivity contribution is -0.0817. The van der Waals surface area contributed by atoms with Gasteiger partial charge in [0.2, 0.25) is 6.35 Å². The second kappa shape index (κ2) is 7.98. The van der Waals surface area contributed by atoms with Crippen molar-refractivity contribution >= 4 is 43.4 Å². The zero-order valence-corrected chi connectivity index (χ0v) is 18.1. The number of aliphatic imine (C=N–C) groups is 1. The zero-order valence-electron chi connectivity index (χ0n) is 15.7. The molecule has 1 fully saturated rings. The normalized spacial score (nSPS) is 22.9. The highest BCUT2D eigenvalue weighted by Crippen LogP contribution is 2.31. The van der Waals surface area contributed by atoms with E-state index < -0.39 is 0 Å². The molecule has 0 aromatic carbocycles. The zero-order chi connectivity index (χ0) is 19.0. The van der Waals surface area contributed by atoms with Gasteiger partial charge < -0.3 is 4.74 Å². The Bertz CT molecular complexity index is 834. The van der Waals surface area contributed by atoms with Gasteiger partial charge in [0.25, 0.3) is 5.19 Å². The molecule has 7 nitrogen and oxygen atoms in total. The molecule has 0 amide bonds. The number of halogens is 1. The summed E-state index contributed by atoms with van der Waals surface area (Å²) in [6.45, 7) is 8.26. The maximum Gasteiger partial charge on any atom is 0.276 e. The van der Waals surface area contributed by atoms with Gasteiger partial charge in [-0.25, -0.2) is 25.3 Å². The van der Waals surface area contributed by atoms with E-state index in [1.54, 1.807) is 0 Å². The van der Waals surface area contributed by atoms with Crippen LogP contribution in [0.3, 0.4) is 0 Å². The Kier molecular flexibility index (Phi) is 5.63. The van der Waals surface area contributed by atoms with Crippen LogP contribution in [-0.4, -0.2) is 46.2 Å². The first-order chi connectivity index (χ1) is 13.0. The number of thiazole rings is 1. The van der Waals surface area contributed by atoms with Crippen molar-refractivity contribution in [2.45, 2.75) is 46.1 Å². The molecule has 2 aromatic heterocycles. The Morgan fingerprint density at radius 2 is 2.04 bits per heavy atom. The molecule has 4 heterocycles. The molecular formula is C18H24BrN5O2S. The van der Waals surface area contributed by atoms with Crippen LogP contribution in [0, 0.1) is 11.8 Å². The average Bonchev–Trinajstić information content (AvgIpc) is 3.28. The van der Waals surface area contributed by atoms with E-state index in [0.29, 0.717) is 17.0 Å². The summed E-state index contributed by atoms with van der Waals surface area (Å²) in [7, 11) is 0. The standard InChI is InChI=1S/C18H24BrN5O2S/c1-10(2)15-22-17(26-23-15)24-8-6-12(7-9-24)11(3)25-18-20-13-4-5-14(19)21-16(13)27-18/h4-5,10-12,17H,6-9H2,1-3H3,(H,22,23). The molecule has 0 aliphatic carbocycles. The van der Waals surface area contributed by atoms with E-state index in [0.717, 1.165) is 46.7 Å². The Balaban J connectivity index is 1.32. The van der Waals surface area contributed by atoms with E-state index in [9.17, 15) is 0 Å². The third-order valence-corrected chi connectivity index (χ3v) is 6.40. The summed E-state index contributed by atoms with van der Waals surface area (Å²) in [6, 6.07) is 3.86. The number of hydroxylamine groups is 1. The fourth-order valence-corrected chi connectivity index (χ4v) is 4.70. The fourth-order valence-electron chi connectivity index (χ4n) is 3.40. The van der Waals surface area contributed by atoms with Gasteiger partial charge in [-0.05, 0) is 53.7 Å². The summed E-state index contributed by atoms with van der Waals surface area (Å²) in [5.41, 5.74) is 3.83. The highest BCUT2D eigenvalue weighted by Gasteiger charge is 2.32. The van der Waals surface area contributed by atoms with E-state index >= 15 is 0 Å². The van der Waals surface area contributed by atoms with Crippen molar-refractivity contribution in [1.29, 1.82) is 0 Å². The number of likely N-dealkylation sites (tertiary alicyclic amines) is 1. The van der Waals surface area contributed by atoms with Gasteiger partial charge in [0.15, 0.2) is 0 Å². The Morgan fingerprint density at radius 1 is 1.26 bits per heavy atom. The molecule has 0 bridgehead atoms. The SMILES string of the molecule is CC(C)C1=NC(N2CCC(C(C)Oc3nc4ccc(Br)nc4s3)CC2)ON1. The molecule has 4 rings (SSSR count). The summed E-state index contributed by atoms with van der Waals surface area (Å²) in [5.74, 6) is 1.77. The molecule has 2 aromatic rings. The molecule has 146 valence electrons. The van der Waals surface area contributed by atoms with Crippen LogP contribution in [0.15, 0.2) is 21.7 Å². The van der Waals surface area contributed by atoms with E-state index in [-0.39, 0.29) is 12.5 Å². The molecule has 0 saturated carbocycles. The molecule has 0 radical (unpaired) electrons. The highest BCUT2D eigenvalue weighted by molar-refractivity contribution is 9.10. The minimum atomic E-state index is -0.201. The molecule has 0 spiro atoms. The third kappa shape index (κ3) is 4.26. The summed E-state index contributed by atoms with van der Waals surface area (Å²) in [5, 5.41) is 0.694. The molecule has 27 heavy (non-hydrogen) atoms. The number of fused-ring (bicyclic) bond motifs is 1. The molecular weight excluding hydrogens is 430 g/mol. The second-order valence-corrected chi connectivity index (χ2v) is 9.10. The number of nitrogens with one attached hydrogen (secondary N) is 1. The molecule has 1 saturated heterocycles. The van der Waals surface area contributed by atoms with Crippen LogP contribution in [0.1, 0.15) is 33.6 Å². The van der Waals surface area contributed by atoms with Crippen LogP contribution in [-0.2, 0) is 4.84 Å². The maximum atomic E-state index is 6.15. The van der Waals surface area contributed by atoms with Crippen molar-refractivity contribution in [1.82, 2.24) is 20.3 Å². The number of pyridine rings is 1. The monoisotopic (exact) mass is 453 g/mol. The van der Waals surface area contributed by atoms with Gasteiger partial charge in [0.1, 0.15) is 26.9 Å². The highest BCUT2D eigenvalue weighted by atomic mass is 79.9. The van der Waals surface area contributed by atoms with Gasteiger partial charge in [-0.15, -0.1) is 0 Å². The fraction of sp³-hybridized carbons (Fsp3) is 0.611. The maximum absolute atomic E-state index is 6.15. The van der Waals surface area contributed by atoms with E-state index in [4.69, 9.17) is 9.57 Å². The van der Waals surface area contributed by atoms with Gasteiger partial charge in [-0.3, -0.25) is 4.90 Å². The van der Waals surface area contributed by atoms with Crippen molar-refractivity contribution in [3.05, 3.63) is 16.7 Å². The predicted octanol–water partition coefficient (Wildman–Crippen LogP) is 3.81. The lowest BCUT2D eigenvalue weighted by Gasteiger charge is -2.35. The van der Waals surface area contributed by atoms with Gasteiger partial charge in [-0.1, -0.05) is 25.2 Å². The number of amidine groups is 1. The minimum absolute atomic E-state index is 0.119. The van der Waals surface area contributed by atoms with Crippen LogP contribution in [0.2, 0.25) is 0 Å². The number of nitrogens with zero attached hydrogens (tertiary/aromatic N) is 4. The van der Waals surface area contributed by atoms with Gasteiger partial charge in [0, 0.05) is 19.0 Å². The number of hydrogen-bond acceptors (Lipinski definition) is 8. The molecule has 2 aliphatic heterocycles. The topological polar surface area (TPSA) is 71.9 Å². The van der Waals surface area contributed by atoms with Crippen LogP contribution < -0.4 is 10.2 Å². The number of piperidine rings is 1. The number of aromatic nitrogens is 2. The number of hydrogen-bond donors (Lipinski definition) is 1. The van der Waals surface area contributed by atoms with E-state index in [1.165, 1.54) is 11.3 Å². The van der Waals surface area contributed by atoms with Crippen LogP contribution in [0.5, 0.6) is 5.19 Å². The summed E-state index contributed by atoms with van der Waals surface area (Å²) >= 11 is 4.90. The molecule has 1 N–H and O–H groups in total. The first-order valence-electron chi connectivity index (χ1n) is 9.33. The van der Waals surface area contributed by atoms with E-state index in [1.807, 2.05) is 12.1 Å². The summed E-state index contributed by atoms with van der Waals surface area (Å²) in [6.07, 6.45) is 2.03. The minimum Gasteiger partial charge on any atom is -0.467 e. The van der Waals surface area contributed by atoms with Crippen molar-refractivity contribution < 1.29 is 9.57 Å². The van der Waals surface area contributed by atoms with Crippen LogP contribution >= 0.6 is 27.3 Å². The second-order valence-electron chi connectivity index (χ2n) is 7.35. The number of rotatable bonds is 5. The van der Waals surface area contributed by atoms with Crippen LogP contribution in [0.25, 0.3) is 10.3 Å². The van der Waals surface area contributed by atoms with Crippen molar-refractivity contribution in [3.8, 4) is 5.19 Å². The summed E-state index contributed by atoms with van der Waals surface area (Å²) in [4.78, 5) is 22.4. The van der Waals surface area contributed by atoms with Gasteiger partial charge in [0.05, 0.1) is 0 Å². The third-order valence-electron chi connectivity index (χ3n) is 5.10. The lowest BCUT2D eigenvalue weighted by atomic mass is 9.92. The molecule has 2 unspecified atom stereocenters. The Morgan fingerprint density at radius 3 is 2.74 bits per heavy atom. The molecule has 2 atom stereocenters. The van der Waals surface area contributed by atoms with Gasteiger partial charge >= 0.3 is 0 Å². The van der Waals surface area contributed by atoms with Gasteiger partial charge in [-0.2, -0.15) is 0 Å². The number of ether oxygens (including phenoxy) is 1. The van der Waals surface area contributed by atoms with Crippen molar-refractivity contribution in [3.63, 3.8) is 0 Å². The Labute approximate surface area is 171 Å². The largest absolute Gasteiger partial charge is 0.467 e. The first-order valence-corrected chi connectivity index (χ1v) is 10.9. The van der Waals surface area contributed by atoms with E-state index in [2.05, 4.69) is 62.0 Å². The molecule has 2 aliphatic rings. The molecule has 9 heteroatoms. The predicted molar refractivity (Wildman–Crippen MR) is 110 cm³/mol. The first kappa shape index (κ1) is 19.0. The lowest BCUT2D eigenvalue weighted by Crippen LogP contribution is -2.44. The van der Waals surface area contributed by atoms with Crippen molar-refractivity contribution in [2.75, 3.05) is 13.1 Å².